The number of aryl methyl sites for hydroxylation is 1. The van der Waals surface area contributed by atoms with Crippen molar-refractivity contribution in [2.45, 2.75) is 19.9 Å². The van der Waals surface area contributed by atoms with Crippen LogP contribution in [0.5, 0.6) is 0 Å². The van der Waals surface area contributed by atoms with E-state index < -0.39 is 0 Å². The van der Waals surface area contributed by atoms with Gasteiger partial charge in [-0.05, 0) is 18.6 Å². The SMILES string of the molecule is CCc1ccc(C=O)n1CCOC. The summed E-state index contributed by atoms with van der Waals surface area (Å²) >= 11 is 0. The second-order valence-electron chi connectivity index (χ2n) is 2.87. The molecule has 72 valence electrons. The molecule has 1 aromatic rings. The minimum atomic E-state index is 0.641. The van der Waals surface area contributed by atoms with Crippen LogP contribution in [0.3, 0.4) is 0 Å². The van der Waals surface area contributed by atoms with Gasteiger partial charge >= 0.3 is 0 Å². The van der Waals surface area contributed by atoms with E-state index in [1.807, 2.05) is 16.7 Å². The average molecular weight is 181 g/mol. The molecule has 1 aromatic heterocycles. The van der Waals surface area contributed by atoms with Crippen molar-refractivity contribution in [2.75, 3.05) is 13.7 Å². The fourth-order valence-corrected chi connectivity index (χ4v) is 1.39. The largest absolute Gasteiger partial charge is 0.383 e. The van der Waals surface area contributed by atoms with E-state index in [2.05, 4.69) is 6.92 Å². The molecule has 0 spiro atoms. The molecule has 0 bridgehead atoms. The van der Waals surface area contributed by atoms with Gasteiger partial charge in [0.25, 0.3) is 0 Å². The summed E-state index contributed by atoms with van der Waals surface area (Å²) in [5.41, 5.74) is 1.91. The molecule has 0 unspecified atom stereocenters. The first-order valence-electron chi connectivity index (χ1n) is 4.46. The van der Waals surface area contributed by atoms with Gasteiger partial charge in [-0.2, -0.15) is 0 Å². The number of hydrogen-bond acceptors (Lipinski definition) is 2. The molecule has 0 radical (unpaired) electrons. The zero-order chi connectivity index (χ0) is 9.68. The van der Waals surface area contributed by atoms with E-state index in [0.29, 0.717) is 6.61 Å². The Morgan fingerprint density at radius 2 is 2.31 bits per heavy atom. The first-order valence-corrected chi connectivity index (χ1v) is 4.46. The highest BCUT2D eigenvalue weighted by Gasteiger charge is 2.04. The molecule has 3 nitrogen and oxygen atoms in total. The Morgan fingerprint density at radius 1 is 1.54 bits per heavy atom. The number of nitrogens with zero attached hydrogens (tertiary/aromatic N) is 1. The third-order valence-electron chi connectivity index (χ3n) is 2.11. The molecule has 0 fully saturated rings. The molecule has 1 rings (SSSR count). The Balaban J connectivity index is 2.84. The van der Waals surface area contributed by atoms with E-state index in [1.54, 1.807) is 7.11 Å². The third-order valence-corrected chi connectivity index (χ3v) is 2.11. The summed E-state index contributed by atoms with van der Waals surface area (Å²) < 4.78 is 6.97. The molecule has 0 aliphatic heterocycles. The van der Waals surface area contributed by atoms with Gasteiger partial charge in [0.05, 0.1) is 12.3 Å². The lowest BCUT2D eigenvalue weighted by Gasteiger charge is -2.08. The number of methoxy groups -OCH3 is 1. The number of carbonyl (C=O) groups excluding carboxylic acids is 1. The van der Waals surface area contributed by atoms with Crippen LogP contribution in [0.15, 0.2) is 12.1 Å². The average Bonchev–Trinajstić information content (AvgIpc) is 2.56. The van der Waals surface area contributed by atoms with Gasteiger partial charge in [-0.15, -0.1) is 0 Å². The van der Waals surface area contributed by atoms with Gasteiger partial charge < -0.3 is 9.30 Å². The van der Waals surface area contributed by atoms with Crippen molar-refractivity contribution in [3.8, 4) is 0 Å². The number of ether oxygens (including phenoxy) is 1. The Morgan fingerprint density at radius 3 is 2.85 bits per heavy atom. The highest BCUT2D eigenvalue weighted by molar-refractivity contribution is 5.72. The van der Waals surface area contributed by atoms with Crippen LogP contribution < -0.4 is 0 Å². The molecule has 0 saturated carbocycles. The number of rotatable bonds is 5. The van der Waals surface area contributed by atoms with Crippen molar-refractivity contribution in [3.05, 3.63) is 23.5 Å². The smallest absolute Gasteiger partial charge is 0.166 e. The highest BCUT2D eigenvalue weighted by atomic mass is 16.5. The molecular formula is C10H15NO2. The minimum absolute atomic E-state index is 0.641. The van der Waals surface area contributed by atoms with Gasteiger partial charge in [0.2, 0.25) is 0 Å². The molecule has 1 heterocycles. The quantitative estimate of drug-likeness (QED) is 0.645. The number of aromatic nitrogens is 1. The van der Waals surface area contributed by atoms with Crippen LogP contribution in [0.2, 0.25) is 0 Å². The normalized spacial score (nSPS) is 10.3. The second kappa shape index (κ2) is 4.82. The summed E-state index contributed by atoms with van der Waals surface area (Å²) in [6, 6.07) is 3.83. The Labute approximate surface area is 78.3 Å². The summed E-state index contributed by atoms with van der Waals surface area (Å²) in [6.07, 6.45) is 1.83. The van der Waals surface area contributed by atoms with Crippen LogP contribution in [0.1, 0.15) is 23.1 Å². The van der Waals surface area contributed by atoms with E-state index in [9.17, 15) is 4.79 Å². The molecule has 0 atom stereocenters. The van der Waals surface area contributed by atoms with Crippen LogP contribution in [0, 0.1) is 0 Å². The van der Waals surface area contributed by atoms with Crippen molar-refractivity contribution in [1.29, 1.82) is 0 Å². The van der Waals surface area contributed by atoms with Crippen LogP contribution in [-0.4, -0.2) is 24.6 Å². The molecule has 0 amide bonds. The summed E-state index contributed by atoms with van der Waals surface area (Å²) in [4.78, 5) is 10.7. The molecule has 3 heteroatoms. The van der Waals surface area contributed by atoms with Gasteiger partial charge in [-0.25, -0.2) is 0 Å². The first kappa shape index (κ1) is 9.99. The van der Waals surface area contributed by atoms with E-state index in [1.165, 1.54) is 5.69 Å². The van der Waals surface area contributed by atoms with Gasteiger partial charge in [-0.3, -0.25) is 4.79 Å². The number of carbonyl (C=O) groups is 1. The molecule has 0 saturated heterocycles. The molecule has 0 aliphatic rings. The third kappa shape index (κ3) is 2.18. The first-order chi connectivity index (χ1) is 6.33. The maximum atomic E-state index is 10.7. The fraction of sp³-hybridized carbons (Fsp3) is 0.500. The van der Waals surface area contributed by atoms with Gasteiger partial charge in [-0.1, -0.05) is 6.92 Å². The molecule has 0 N–H and O–H groups in total. The molecule has 0 aromatic carbocycles. The van der Waals surface area contributed by atoms with Gasteiger partial charge in [0, 0.05) is 19.3 Å². The van der Waals surface area contributed by atoms with E-state index >= 15 is 0 Å². The summed E-state index contributed by atoms with van der Waals surface area (Å²) in [7, 11) is 1.66. The summed E-state index contributed by atoms with van der Waals surface area (Å²) in [6.45, 7) is 3.47. The highest BCUT2D eigenvalue weighted by Crippen LogP contribution is 2.08. The fourth-order valence-electron chi connectivity index (χ4n) is 1.39. The second-order valence-corrected chi connectivity index (χ2v) is 2.87. The maximum Gasteiger partial charge on any atom is 0.166 e. The maximum absolute atomic E-state index is 10.7. The molecular weight excluding hydrogens is 166 g/mol. The lowest BCUT2D eigenvalue weighted by atomic mass is 10.3. The lowest BCUT2D eigenvalue weighted by Crippen LogP contribution is -2.10. The predicted octanol–water partition coefficient (Wildman–Crippen LogP) is 1.51. The summed E-state index contributed by atoms with van der Waals surface area (Å²) in [5.74, 6) is 0. The van der Waals surface area contributed by atoms with Crippen molar-refractivity contribution >= 4 is 6.29 Å². The van der Waals surface area contributed by atoms with Gasteiger partial charge in [0.15, 0.2) is 6.29 Å². The van der Waals surface area contributed by atoms with Crippen LogP contribution in [0.4, 0.5) is 0 Å². The van der Waals surface area contributed by atoms with E-state index in [4.69, 9.17) is 4.74 Å². The summed E-state index contributed by atoms with van der Waals surface area (Å²) in [5, 5.41) is 0. The van der Waals surface area contributed by atoms with Crippen LogP contribution >= 0.6 is 0 Å². The Kier molecular flexibility index (Phi) is 3.71. The minimum Gasteiger partial charge on any atom is -0.383 e. The van der Waals surface area contributed by atoms with E-state index in [-0.39, 0.29) is 0 Å². The lowest BCUT2D eigenvalue weighted by molar-refractivity contribution is 0.111. The van der Waals surface area contributed by atoms with Crippen molar-refractivity contribution in [2.24, 2.45) is 0 Å². The zero-order valence-electron chi connectivity index (χ0n) is 8.12. The van der Waals surface area contributed by atoms with Gasteiger partial charge in [0.1, 0.15) is 0 Å². The Hall–Kier alpha value is -1.09. The van der Waals surface area contributed by atoms with Crippen molar-refractivity contribution < 1.29 is 9.53 Å². The standard InChI is InChI=1S/C10H15NO2/c1-3-9-4-5-10(8-12)11(9)6-7-13-2/h4-5,8H,3,6-7H2,1-2H3. The molecule has 0 aliphatic carbocycles. The Bertz CT molecular complexity index is 278. The van der Waals surface area contributed by atoms with Crippen LogP contribution in [-0.2, 0) is 17.7 Å². The molecule has 13 heavy (non-hydrogen) atoms. The van der Waals surface area contributed by atoms with E-state index in [0.717, 1.165) is 24.9 Å². The zero-order valence-corrected chi connectivity index (χ0v) is 8.12. The topological polar surface area (TPSA) is 31.2 Å². The number of aldehydes is 1. The van der Waals surface area contributed by atoms with Crippen LogP contribution in [0.25, 0.3) is 0 Å². The predicted molar refractivity (Wildman–Crippen MR) is 51.1 cm³/mol. The van der Waals surface area contributed by atoms with Crippen molar-refractivity contribution in [3.63, 3.8) is 0 Å². The monoisotopic (exact) mass is 181 g/mol. The number of hydrogen-bond donors (Lipinski definition) is 0. The van der Waals surface area contributed by atoms with Crippen molar-refractivity contribution in [1.82, 2.24) is 4.57 Å².